The van der Waals surface area contributed by atoms with E-state index in [-0.39, 0.29) is 42.5 Å². The first-order valence-electron chi connectivity index (χ1n) is 3.18. The fourth-order valence-electron chi connectivity index (χ4n) is 0.800. The minimum atomic E-state index is -1.42. The molecule has 1 rings (SSSR count). The predicted molar refractivity (Wildman–Crippen MR) is 48.7 cm³/mol. The molecule has 0 bridgehead atoms. The number of carbonyl (C=O) groups excluding carboxylic acids is 2. The van der Waals surface area contributed by atoms with E-state index in [2.05, 4.69) is 5.32 Å². The number of halogens is 2. The molecule has 0 unspecified atom stereocenters. The predicted octanol–water partition coefficient (Wildman–Crippen LogP) is -2.26. The first-order valence-corrected chi connectivity index (χ1v) is 3.18. The zero-order valence-corrected chi connectivity index (χ0v) is 8.44. The first kappa shape index (κ1) is 15.3. The molecule has 0 aromatic carbocycles. The van der Waals surface area contributed by atoms with E-state index in [1.165, 1.54) is 6.20 Å². The molecule has 0 aromatic heterocycles. The van der Waals surface area contributed by atoms with Crippen molar-refractivity contribution in [1.82, 2.24) is 5.32 Å². The Bertz CT molecular complexity index is 298. The number of hydrogen-bond acceptors (Lipinski definition) is 5. The molecule has 0 saturated heterocycles. The van der Waals surface area contributed by atoms with Crippen molar-refractivity contribution in [2.75, 3.05) is 6.54 Å². The largest absolute Gasteiger partial charge is 0.545 e. The average Bonchev–Trinajstić information content (AvgIpc) is 2.04. The number of rotatable bonds is 2. The summed E-state index contributed by atoms with van der Waals surface area (Å²) in [6.45, 7) is 0.0686. The number of hydrogen-bond donors (Lipinski definition) is 1. The summed E-state index contributed by atoms with van der Waals surface area (Å²) >= 11 is 0. The maximum absolute atomic E-state index is 10.3. The van der Waals surface area contributed by atoms with Crippen LogP contribution in [0.15, 0.2) is 23.4 Å². The van der Waals surface area contributed by atoms with Crippen LogP contribution < -0.4 is 15.5 Å². The Morgan fingerprint density at radius 3 is 2.21 bits per heavy atom. The summed E-state index contributed by atoms with van der Waals surface area (Å²) in [6, 6.07) is 0. The summed E-state index contributed by atoms with van der Waals surface area (Å²) in [5.41, 5.74) is -0.294. The number of dihydropyridines is 1. The van der Waals surface area contributed by atoms with Gasteiger partial charge in [-0.1, -0.05) is 0 Å². The highest BCUT2D eigenvalue weighted by Gasteiger charge is 2.05. The van der Waals surface area contributed by atoms with Crippen LogP contribution in [0.4, 0.5) is 0 Å². The second kappa shape index (κ2) is 6.28. The molecule has 0 fully saturated rings. The van der Waals surface area contributed by atoms with Crippen LogP contribution in [0.3, 0.4) is 0 Å². The lowest BCUT2D eigenvalue weighted by Crippen LogP contribution is -2.34. The minimum absolute atomic E-state index is 0. The van der Waals surface area contributed by atoms with E-state index in [1.807, 2.05) is 0 Å². The van der Waals surface area contributed by atoms with E-state index in [9.17, 15) is 19.8 Å². The minimum Gasteiger partial charge on any atom is -0.545 e. The highest BCUT2D eigenvalue weighted by atomic mass is 35.5. The summed E-state index contributed by atoms with van der Waals surface area (Å²) in [4.78, 5) is 20.5. The van der Waals surface area contributed by atoms with Gasteiger partial charge in [-0.15, -0.1) is 24.8 Å². The third-order valence-electron chi connectivity index (χ3n) is 1.38. The van der Waals surface area contributed by atoms with Gasteiger partial charge in [-0.25, -0.2) is 0 Å². The molecule has 14 heavy (non-hydrogen) atoms. The molecule has 0 aliphatic carbocycles. The molecule has 0 atom stereocenters. The van der Waals surface area contributed by atoms with Crippen LogP contribution in [-0.4, -0.2) is 18.5 Å². The van der Waals surface area contributed by atoms with Crippen LogP contribution in [0.5, 0.6) is 0 Å². The molecule has 0 saturated carbocycles. The van der Waals surface area contributed by atoms with E-state index in [0.29, 0.717) is 0 Å². The summed E-state index contributed by atoms with van der Waals surface area (Å²) in [6.07, 6.45) is 2.20. The molecule has 1 N–H and O–H groups in total. The topological polar surface area (TPSA) is 92.3 Å². The maximum atomic E-state index is 10.3. The average molecular weight is 240 g/mol. The SMILES string of the molecule is Cl.Cl.O=C([O-])C1=CNCC(C(=O)[O-])=C1. The fourth-order valence-corrected chi connectivity index (χ4v) is 0.800. The van der Waals surface area contributed by atoms with Gasteiger partial charge in [-0.3, -0.25) is 0 Å². The highest BCUT2D eigenvalue weighted by Crippen LogP contribution is 2.04. The Morgan fingerprint density at radius 2 is 1.79 bits per heavy atom. The van der Waals surface area contributed by atoms with Gasteiger partial charge >= 0.3 is 0 Å². The number of nitrogens with one attached hydrogen (secondary N) is 1. The monoisotopic (exact) mass is 239 g/mol. The summed E-state index contributed by atoms with van der Waals surface area (Å²) in [5, 5.41) is 23.0. The summed E-state index contributed by atoms with van der Waals surface area (Å²) in [7, 11) is 0. The molecular formula is C7H7Cl2NO4-2. The van der Waals surface area contributed by atoms with Crippen LogP contribution in [0.25, 0.3) is 0 Å². The van der Waals surface area contributed by atoms with Gasteiger partial charge in [0.15, 0.2) is 0 Å². The lowest BCUT2D eigenvalue weighted by atomic mass is 10.1. The van der Waals surface area contributed by atoms with E-state index >= 15 is 0 Å². The van der Waals surface area contributed by atoms with Crippen LogP contribution in [0.1, 0.15) is 0 Å². The Morgan fingerprint density at radius 1 is 1.21 bits per heavy atom. The third kappa shape index (κ3) is 3.68. The van der Waals surface area contributed by atoms with Crippen LogP contribution in [-0.2, 0) is 9.59 Å². The van der Waals surface area contributed by atoms with Crippen LogP contribution in [0.2, 0.25) is 0 Å². The molecule has 80 valence electrons. The number of carboxylic acids is 2. The van der Waals surface area contributed by atoms with Crippen molar-refractivity contribution in [3.8, 4) is 0 Å². The summed E-state index contributed by atoms with van der Waals surface area (Å²) < 4.78 is 0. The Labute approximate surface area is 92.3 Å². The molecule has 0 aromatic rings. The zero-order chi connectivity index (χ0) is 9.14. The molecular weight excluding hydrogens is 233 g/mol. The number of carbonyl (C=O) groups is 2. The van der Waals surface area contributed by atoms with Gasteiger partial charge in [-0.2, -0.15) is 0 Å². The van der Waals surface area contributed by atoms with Gasteiger partial charge in [0, 0.05) is 18.3 Å². The Kier molecular flexibility index (Phi) is 6.86. The Balaban J connectivity index is 0. The number of carboxylic acid groups (broad SMARTS) is 2. The molecule has 1 aliphatic rings. The van der Waals surface area contributed by atoms with Gasteiger partial charge in [0.1, 0.15) is 0 Å². The van der Waals surface area contributed by atoms with E-state index in [4.69, 9.17) is 0 Å². The second-order valence-electron chi connectivity index (χ2n) is 2.23. The molecule has 0 amide bonds. The van der Waals surface area contributed by atoms with Crippen molar-refractivity contribution in [2.24, 2.45) is 0 Å². The van der Waals surface area contributed by atoms with Crippen molar-refractivity contribution in [3.05, 3.63) is 23.4 Å². The van der Waals surface area contributed by atoms with E-state index < -0.39 is 11.9 Å². The second-order valence-corrected chi connectivity index (χ2v) is 2.23. The molecule has 1 aliphatic heterocycles. The van der Waals surface area contributed by atoms with Gasteiger partial charge in [-0.05, 0) is 11.6 Å². The van der Waals surface area contributed by atoms with Crippen molar-refractivity contribution in [2.45, 2.75) is 0 Å². The lowest BCUT2D eigenvalue weighted by Gasteiger charge is -2.16. The van der Waals surface area contributed by atoms with Gasteiger partial charge in [0.2, 0.25) is 0 Å². The zero-order valence-electron chi connectivity index (χ0n) is 6.81. The molecule has 7 heteroatoms. The van der Waals surface area contributed by atoms with Gasteiger partial charge < -0.3 is 25.1 Å². The smallest absolute Gasteiger partial charge is 0.0729 e. The van der Waals surface area contributed by atoms with Crippen molar-refractivity contribution < 1.29 is 19.8 Å². The van der Waals surface area contributed by atoms with Crippen molar-refractivity contribution in [3.63, 3.8) is 0 Å². The fraction of sp³-hybridized carbons (Fsp3) is 0.143. The van der Waals surface area contributed by atoms with E-state index in [0.717, 1.165) is 6.08 Å². The first-order chi connectivity index (χ1) is 5.61. The standard InChI is InChI=1S/C7H7NO4.2ClH/c9-6(10)4-1-5(7(11)12)3-8-2-4;;/h1-2,8H,3H2,(H,9,10)(H,11,12);2*1H/p-2. The summed E-state index contributed by atoms with van der Waals surface area (Å²) in [5.74, 6) is -2.80. The molecule has 5 nitrogen and oxygen atoms in total. The lowest BCUT2D eigenvalue weighted by molar-refractivity contribution is -0.299. The maximum Gasteiger partial charge on any atom is 0.0729 e. The quantitative estimate of drug-likeness (QED) is 0.588. The van der Waals surface area contributed by atoms with E-state index in [1.54, 1.807) is 0 Å². The highest BCUT2D eigenvalue weighted by molar-refractivity contribution is 5.94. The molecule has 0 radical (unpaired) electrons. The van der Waals surface area contributed by atoms with Crippen molar-refractivity contribution >= 4 is 36.8 Å². The van der Waals surface area contributed by atoms with Crippen molar-refractivity contribution in [1.29, 1.82) is 0 Å². The normalized spacial score (nSPS) is 13.4. The number of aliphatic carboxylic acids is 2. The van der Waals surface area contributed by atoms with Gasteiger partial charge in [0.05, 0.1) is 11.9 Å². The molecule has 0 spiro atoms. The third-order valence-corrected chi connectivity index (χ3v) is 1.38. The van der Waals surface area contributed by atoms with Gasteiger partial charge in [0.25, 0.3) is 0 Å². The molecule has 1 heterocycles. The Hall–Kier alpha value is -1.20. The van der Waals surface area contributed by atoms with Crippen LogP contribution in [0, 0.1) is 0 Å². The van der Waals surface area contributed by atoms with Crippen LogP contribution >= 0.6 is 24.8 Å².